The molecule has 19 heavy (non-hydrogen) atoms. The van der Waals surface area contributed by atoms with E-state index >= 15 is 0 Å². The topological polar surface area (TPSA) is 59.6 Å². The predicted molar refractivity (Wildman–Crippen MR) is 73.9 cm³/mol. The van der Waals surface area contributed by atoms with Crippen molar-refractivity contribution in [3.63, 3.8) is 0 Å². The largest absolute Gasteiger partial charge is 0.385 e. The molecule has 0 fully saturated rings. The third-order valence-electron chi connectivity index (χ3n) is 2.67. The Morgan fingerprint density at radius 3 is 2.53 bits per heavy atom. The second-order valence-corrected chi connectivity index (χ2v) is 4.16. The highest BCUT2D eigenvalue weighted by molar-refractivity contribution is 5.73. The van der Waals surface area contributed by atoms with Crippen LogP contribution in [0.2, 0.25) is 0 Å². The lowest BCUT2D eigenvalue weighted by molar-refractivity contribution is 0.184. The van der Waals surface area contributed by atoms with Crippen molar-refractivity contribution >= 4 is 6.03 Å². The zero-order valence-corrected chi connectivity index (χ0v) is 11.6. The molecule has 1 aromatic carbocycles. The lowest BCUT2D eigenvalue weighted by atomic mass is 10.1. The van der Waals surface area contributed by atoms with E-state index in [1.807, 2.05) is 24.3 Å². The zero-order valence-electron chi connectivity index (χ0n) is 11.6. The molecule has 0 bridgehead atoms. The Morgan fingerprint density at radius 2 is 1.84 bits per heavy atom. The maximum atomic E-state index is 11.6. The number of rotatable bonds is 8. The molecule has 2 amide bonds. The normalized spacial score (nSPS) is 10.2. The summed E-state index contributed by atoms with van der Waals surface area (Å²) in [4.78, 5) is 11.6. The molecule has 0 aliphatic carbocycles. The Kier molecular flexibility index (Phi) is 7.62. The van der Waals surface area contributed by atoms with Crippen molar-refractivity contribution in [1.29, 1.82) is 0 Å². The summed E-state index contributed by atoms with van der Waals surface area (Å²) in [5, 5.41) is 5.61. The average Bonchev–Trinajstić information content (AvgIpc) is 2.43. The van der Waals surface area contributed by atoms with Crippen LogP contribution >= 0.6 is 0 Å². The Morgan fingerprint density at radius 1 is 1.11 bits per heavy atom. The molecule has 1 aromatic rings. The number of urea groups is 1. The number of hydrogen-bond donors (Lipinski definition) is 2. The van der Waals surface area contributed by atoms with Gasteiger partial charge in [0.25, 0.3) is 0 Å². The van der Waals surface area contributed by atoms with E-state index in [0.717, 1.165) is 17.5 Å². The van der Waals surface area contributed by atoms with Gasteiger partial charge in [0.1, 0.15) is 0 Å². The van der Waals surface area contributed by atoms with Gasteiger partial charge in [-0.1, -0.05) is 24.3 Å². The highest BCUT2D eigenvalue weighted by atomic mass is 16.5. The fraction of sp³-hybridized carbons (Fsp3) is 0.500. The van der Waals surface area contributed by atoms with Crippen LogP contribution in [0.15, 0.2) is 24.3 Å². The molecular weight excluding hydrogens is 244 g/mol. The van der Waals surface area contributed by atoms with E-state index in [0.29, 0.717) is 26.3 Å². The number of hydrogen-bond acceptors (Lipinski definition) is 3. The molecule has 0 aromatic heterocycles. The SMILES string of the molecule is COCCCNC(=O)NCc1ccccc1COC. The first-order valence-electron chi connectivity index (χ1n) is 6.34. The maximum absolute atomic E-state index is 11.6. The molecule has 0 saturated heterocycles. The van der Waals surface area contributed by atoms with Gasteiger partial charge in [-0.25, -0.2) is 4.79 Å². The van der Waals surface area contributed by atoms with Gasteiger partial charge < -0.3 is 20.1 Å². The lowest BCUT2D eigenvalue weighted by Gasteiger charge is -2.11. The molecule has 5 nitrogen and oxygen atoms in total. The molecule has 0 atom stereocenters. The number of nitrogens with one attached hydrogen (secondary N) is 2. The third-order valence-corrected chi connectivity index (χ3v) is 2.67. The minimum absolute atomic E-state index is 0.164. The van der Waals surface area contributed by atoms with Crippen LogP contribution in [-0.4, -0.2) is 33.4 Å². The lowest BCUT2D eigenvalue weighted by Crippen LogP contribution is -2.36. The molecule has 0 aliphatic rings. The van der Waals surface area contributed by atoms with Crippen LogP contribution in [0, 0.1) is 0 Å². The van der Waals surface area contributed by atoms with Gasteiger partial charge in [0, 0.05) is 33.9 Å². The fourth-order valence-electron chi connectivity index (χ4n) is 1.68. The number of carbonyl (C=O) groups is 1. The van der Waals surface area contributed by atoms with E-state index in [1.165, 1.54) is 0 Å². The van der Waals surface area contributed by atoms with E-state index in [2.05, 4.69) is 10.6 Å². The molecule has 0 saturated carbocycles. The number of amides is 2. The van der Waals surface area contributed by atoms with Gasteiger partial charge in [-0.15, -0.1) is 0 Å². The molecule has 0 spiro atoms. The molecule has 2 N–H and O–H groups in total. The van der Waals surface area contributed by atoms with Gasteiger partial charge in [-0.3, -0.25) is 0 Å². The Bertz CT molecular complexity index is 383. The van der Waals surface area contributed by atoms with Crippen molar-refractivity contribution in [3.05, 3.63) is 35.4 Å². The number of ether oxygens (including phenoxy) is 2. The minimum atomic E-state index is -0.164. The van der Waals surface area contributed by atoms with E-state index in [4.69, 9.17) is 9.47 Å². The van der Waals surface area contributed by atoms with Crippen molar-refractivity contribution < 1.29 is 14.3 Å². The van der Waals surface area contributed by atoms with Crippen molar-refractivity contribution in [1.82, 2.24) is 10.6 Å². The van der Waals surface area contributed by atoms with Gasteiger partial charge in [-0.05, 0) is 17.5 Å². The van der Waals surface area contributed by atoms with Crippen LogP contribution in [0.25, 0.3) is 0 Å². The molecule has 1 rings (SSSR count). The fourth-order valence-corrected chi connectivity index (χ4v) is 1.68. The second-order valence-electron chi connectivity index (χ2n) is 4.16. The van der Waals surface area contributed by atoms with Crippen molar-refractivity contribution in [2.45, 2.75) is 19.6 Å². The number of carbonyl (C=O) groups excluding carboxylic acids is 1. The predicted octanol–water partition coefficient (Wildman–Crippen LogP) is 1.67. The Hall–Kier alpha value is -1.59. The first-order chi connectivity index (χ1) is 9.27. The average molecular weight is 266 g/mol. The summed E-state index contributed by atoms with van der Waals surface area (Å²) in [6.07, 6.45) is 0.810. The van der Waals surface area contributed by atoms with Gasteiger partial charge >= 0.3 is 6.03 Å². The van der Waals surface area contributed by atoms with Gasteiger partial charge in [0.05, 0.1) is 6.61 Å². The first kappa shape index (κ1) is 15.5. The van der Waals surface area contributed by atoms with Gasteiger partial charge in [0.2, 0.25) is 0 Å². The zero-order chi connectivity index (χ0) is 13.9. The molecule has 0 radical (unpaired) electrons. The smallest absolute Gasteiger partial charge is 0.315 e. The molecular formula is C14H22N2O3. The van der Waals surface area contributed by atoms with Crippen LogP contribution < -0.4 is 10.6 Å². The van der Waals surface area contributed by atoms with Crippen LogP contribution in [0.1, 0.15) is 17.5 Å². The monoisotopic (exact) mass is 266 g/mol. The first-order valence-corrected chi connectivity index (χ1v) is 6.34. The summed E-state index contributed by atoms with van der Waals surface area (Å²) < 4.78 is 10.0. The quantitative estimate of drug-likeness (QED) is 0.704. The molecule has 0 aliphatic heterocycles. The summed E-state index contributed by atoms with van der Waals surface area (Å²) in [6.45, 7) is 2.30. The van der Waals surface area contributed by atoms with Gasteiger partial charge in [-0.2, -0.15) is 0 Å². The van der Waals surface area contributed by atoms with E-state index in [9.17, 15) is 4.79 Å². The molecule has 5 heteroatoms. The highest BCUT2D eigenvalue weighted by Crippen LogP contribution is 2.09. The Balaban J connectivity index is 2.33. The molecule has 0 heterocycles. The van der Waals surface area contributed by atoms with E-state index in [-0.39, 0.29) is 6.03 Å². The van der Waals surface area contributed by atoms with Crippen LogP contribution in [0.4, 0.5) is 4.79 Å². The number of methoxy groups -OCH3 is 2. The van der Waals surface area contributed by atoms with Crippen molar-refractivity contribution in [2.24, 2.45) is 0 Å². The summed E-state index contributed by atoms with van der Waals surface area (Å²) >= 11 is 0. The maximum Gasteiger partial charge on any atom is 0.315 e. The summed E-state index contributed by atoms with van der Waals surface area (Å²) in [5.41, 5.74) is 2.15. The van der Waals surface area contributed by atoms with Crippen LogP contribution in [0.5, 0.6) is 0 Å². The molecule has 106 valence electrons. The summed E-state index contributed by atoms with van der Waals surface area (Å²) in [7, 11) is 3.31. The highest BCUT2D eigenvalue weighted by Gasteiger charge is 2.03. The van der Waals surface area contributed by atoms with Crippen LogP contribution in [-0.2, 0) is 22.6 Å². The standard InChI is InChI=1S/C14H22N2O3/c1-18-9-5-8-15-14(17)16-10-12-6-3-4-7-13(12)11-19-2/h3-4,6-7H,5,8-11H2,1-2H3,(H2,15,16,17). The van der Waals surface area contributed by atoms with Crippen molar-refractivity contribution in [2.75, 3.05) is 27.4 Å². The van der Waals surface area contributed by atoms with Gasteiger partial charge in [0.15, 0.2) is 0 Å². The van der Waals surface area contributed by atoms with Crippen LogP contribution in [0.3, 0.4) is 0 Å². The Labute approximate surface area is 114 Å². The number of benzene rings is 1. The third kappa shape index (κ3) is 6.22. The van der Waals surface area contributed by atoms with E-state index < -0.39 is 0 Å². The second kappa shape index (κ2) is 9.35. The minimum Gasteiger partial charge on any atom is -0.385 e. The summed E-state index contributed by atoms with van der Waals surface area (Å²) in [5.74, 6) is 0. The summed E-state index contributed by atoms with van der Waals surface area (Å²) in [6, 6.07) is 7.73. The van der Waals surface area contributed by atoms with E-state index in [1.54, 1.807) is 14.2 Å². The molecule has 0 unspecified atom stereocenters. The van der Waals surface area contributed by atoms with Crippen molar-refractivity contribution in [3.8, 4) is 0 Å².